The summed E-state index contributed by atoms with van der Waals surface area (Å²) in [6.07, 6.45) is 13.5. The minimum atomic E-state index is 0.812. The van der Waals surface area contributed by atoms with Crippen molar-refractivity contribution in [1.29, 1.82) is 0 Å². The molecule has 0 spiro atoms. The van der Waals surface area contributed by atoms with E-state index in [2.05, 4.69) is 61.6 Å². The lowest BCUT2D eigenvalue weighted by Gasteiger charge is -2.17. The van der Waals surface area contributed by atoms with Gasteiger partial charge in [0.05, 0.1) is 23.1 Å². The Balaban J connectivity index is 1.42. The third-order valence-corrected chi connectivity index (χ3v) is 6.59. The molecule has 1 aliphatic carbocycles. The van der Waals surface area contributed by atoms with Crippen molar-refractivity contribution < 1.29 is 0 Å². The summed E-state index contributed by atoms with van der Waals surface area (Å²) >= 11 is 3.63. The Labute approximate surface area is 180 Å². The highest BCUT2D eigenvalue weighted by Crippen LogP contribution is 2.38. The zero-order valence-electron chi connectivity index (χ0n) is 16.7. The molecule has 5 heteroatoms. The number of anilines is 2. The van der Waals surface area contributed by atoms with E-state index in [-0.39, 0.29) is 0 Å². The molecule has 1 aromatic carbocycles. The zero-order valence-corrected chi connectivity index (χ0v) is 18.3. The number of hydrogen-bond donors (Lipinski definition) is 1. The van der Waals surface area contributed by atoms with Crippen molar-refractivity contribution in [2.75, 3.05) is 25.0 Å². The second-order valence-electron chi connectivity index (χ2n) is 8.47. The average Bonchev–Trinajstić information content (AvgIpc) is 3.39. The van der Waals surface area contributed by atoms with Gasteiger partial charge in [0.15, 0.2) is 0 Å². The third kappa shape index (κ3) is 4.62. The van der Waals surface area contributed by atoms with Crippen LogP contribution in [-0.2, 0) is 12.8 Å². The van der Waals surface area contributed by atoms with E-state index in [4.69, 9.17) is 4.98 Å². The first kappa shape index (κ1) is 19.0. The van der Waals surface area contributed by atoms with Crippen LogP contribution < -0.4 is 5.32 Å². The Morgan fingerprint density at radius 3 is 2.76 bits per heavy atom. The van der Waals surface area contributed by atoms with Gasteiger partial charge in [-0.2, -0.15) is 0 Å². The fourth-order valence-electron chi connectivity index (χ4n) is 4.27. The summed E-state index contributed by atoms with van der Waals surface area (Å²) in [4.78, 5) is 11.8. The maximum atomic E-state index is 4.71. The average molecular weight is 451 g/mol. The van der Waals surface area contributed by atoms with Crippen LogP contribution in [0.15, 0.2) is 47.3 Å². The number of hydrogen-bond acceptors (Lipinski definition) is 4. The number of likely N-dealkylation sites (tertiary alicyclic amines) is 1. The van der Waals surface area contributed by atoms with Gasteiger partial charge in [-0.3, -0.25) is 9.97 Å². The number of aromatic nitrogens is 2. The Morgan fingerprint density at radius 2 is 1.93 bits per heavy atom. The quantitative estimate of drug-likeness (QED) is 0.499. The predicted octanol–water partition coefficient (Wildman–Crippen LogP) is 5.73. The summed E-state index contributed by atoms with van der Waals surface area (Å²) in [5, 5.41) is 4.87. The highest BCUT2D eigenvalue weighted by molar-refractivity contribution is 9.10. The molecule has 2 aromatic heterocycles. The maximum absolute atomic E-state index is 4.71. The second kappa shape index (κ2) is 8.41. The standard InChI is InChI=1S/C24H27BrN4/c25-20-5-6-23-22(13-20)24(19(15-27-23)11-17-3-4-17)28-21-12-18(14-26-16-21)7-10-29-8-1-2-9-29/h5-6,12-17H,1-4,7-11H2,(H,27,28). The van der Waals surface area contributed by atoms with Gasteiger partial charge in [0.1, 0.15) is 0 Å². The molecule has 150 valence electrons. The molecular weight excluding hydrogens is 424 g/mol. The van der Waals surface area contributed by atoms with Gasteiger partial charge in [-0.05, 0) is 92.9 Å². The zero-order chi connectivity index (χ0) is 19.6. The van der Waals surface area contributed by atoms with Crippen molar-refractivity contribution in [3.05, 3.63) is 58.5 Å². The lowest BCUT2D eigenvalue weighted by Crippen LogP contribution is -2.21. The monoisotopic (exact) mass is 450 g/mol. The van der Waals surface area contributed by atoms with E-state index in [9.17, 15) is 0 Å². The van der Waals surface area contributed by atoms with Crippen LogP contribution in [0.1, 0.15) is 36.8 Å². The Kier molecular flexibility index (Phi) is 5.51. The topological polar surface area (TPSA) is 41.1 Å². The molecule has 0 radical (unpaired) electrons. The lowest BCUT2D eigenvalue weighted by atomic mass is 10.0. The van der Waals surface area contributed by atoms with E-state index >= 15 is 0 Å². The number of fused-ring (bicyclic) bond motifs is 1. The lowest BCUT2D eigenvalue weighted by molar-refractivity contribution is 0.343. The van der Waals surface area contributed by atoms with Crippen LogP contribution in [0.2, 0.25) is 0 Å². The fraction of sp³-hybridized carbons (Fsp3) is 0.417. The maximum Gasteiger partial charge on any atom is 0.0723 e. The largest absolute Gasteiger partial charge is 0.353 e. The number of benzene rings is 1. The van der Waals surface area contributed by atoms with E-state index in [0.29, 0.717) is 0 Å². The number of nitrogens with zero attached hydrogens (tertiary/aromatic N) is 3. The molecule has 2 aliphatic rings. The van der Waals surface area contributed by atoms with Crippen LogP contribution in [0, 0.1) is 5.92 Å². The van der Waals surface area contributed by atoms with Gasteiger partial charge in [0, 0.05) is 28.8 Å². The molecular formula is C24H27BrN4. The van der Waals surface area contributed by atoms with Gasteiger partial charge in [0.2, 0.25) is 0 Å². The minimum Gasteiger partial charge on any atom is -0.353 e. The van der Waals surface area contributed by atoms with Gasteiger partial charge < -0.3 is 10.2 Å². The molecule has 0 unspecified atom stereocenters. The van der Waals surface area contributed by atoms with E-state index in [0.717, 1.165) is 41.0 Å². The molecule has 1 aliphatic heterocycles. The van der Waals surface area contributed by atoms with E-state index in [1.165, 1.54) is 61.0 Å². The summed E-state index contributed by atoms with van der Waals surface area (Å²) in [6.45, 7) is 3.62. The molecule has 3 heterocycles. The number of pyridine rings is 2. The van der Waals surface area contributed by atoms with Crippen molar-refractivity contribution in [3.63, 3.8) is 0 Å². The third-order valence-electron chi connectivity index (χ3n) is 6.09. The summed E-state index contributed by atoms with van der Waals surface area (Å²) in [7, 11) is 0. The smallest absolute Gasteiger partial charge is 0.0723 e. The molecule has 1 saturated heterocycles. The molecule has 2 fully saturated rings. The summed E-state index contributed by atoms with van der Waals surface area (Å²) in [6, 6.07) is 8.57. The van der Waals surface area contributed by atoms with Gasteiger partial charge in [-0.1, -0.05) is 15.9 Å². The first-order chi connectivity index (χ1) is 14.2. The van der Waals surface area contributed by atoms with Crippen molar-refractivity contribution in [2.24, 2.45) is 5.92 Å². The number of rotatable bonds is 7. The molecule has 1 saturated carbocycles. The first-order valence-electron chi connectivity index (χ1n) is 10.7. The molecule has 1 N–H and O–H groups in total. The van der Waals surface area contributed by atoms with Crippen LogP contribution in [0.3, 0.4) is 0 Å². The van der Waals surface area contributed by atoms with Gasteiger partial charge in [0.25, 0.3) is 0 Å². The Hall–Kier alpha value is -1.98. The minimum absolute atomic E-state index is 0.812. The van der Waals surface area contributed by atoms with Crippen LogP contribution in [0.4, 0.5) is 11.4 Å². The first-order valence-corrected chi connectivity index (χ1v) is 11.5. The van der Waals surface area contributed by atoms with Crippen molar-refractivity contribution >= 4 is 38.2 Å². The number of halogens is 1. The van der Waals surface area contributed by atoms with Crippen molar-refractivity contribution in [2.45, 2.75) is 38.5 Å². The molecule has 3 aromatic rings. The summed E-state index contributed by atoms with van der Waals surface area (Å²) in [5.74, 6) is 0.812. The second-order valence-corrected chi connectivity index (χ2v) is 9.39. The predicted molar refractivity (Wildman–Crippen MR) is 123 cm³/mol. The van der Waals surface area contributed by atoms with Gasteiger partial charge in [-0.25, -0.2) is 0 Å². The highest BCUT2D eigenvalue weighted by atomic mass is 79.9. The van der Waals surface area contributed by atoms with Crippen LogP contribution in [0.25, 0.3) is 10.9 Å². The van der Waals surface area contributed by atoms with Gasteiger partial charge in [-0.15, -0.1) is 0 Å². The Bertz CT molecular complexity index is 1010. The fourth-order valence-corrected chi connectivity index (χ4v) is 4.63. The SMILES string of the molecule is Brc1ccc2ncc(CC3CC3)c(Nc3cncc(CCN4CCCC4)c3)c2c1. The molecule has 29 heavy (non-hydrogen) atoms. The van der Waals surface area contributed by atoms with Crippen molar-refractivity contribution in [3.8, 4) is 0 Å². The van der Waals surface area contributed by atoms with E-state index < -0.39 is 0 Å². The van der Waals surface area contributed by atoms with Crippen LogP contribution >= 0.6 is 15.9 Å². The normalized spacial score (nSPS) is 17.1. The van der Waals surface area contributed by atoms with Gasteiger partial charge >= 0.3 is 0 Å². The van der Waals surface area contributed by atoms with Crippen molar-refractivity contribution in [1.82, 2.24) is 14.9 Å². The molecule has 5 rings (SSSR count). The Morgan fingerprint density at radius 1 is 1.07 bits per heavy atom. The molecule has 0 amide bonds. The van der Waals surface area contributed by atoms with Crippen LogP contribution in [-0.4, -0.2) is 34.5 Å². The van der Waals surface area contributed by atoms with E-state index in [1.807, 2.05) is 12.4 Å². The van der Waals surface area contributed by atoms with Crippen LogP contribution in [0.5, 0.6) is 0 Å². The molecule has 4 nitrogen and oxygen atoms in total. The number of nitrogens with one attached hydrogen (secondary N) is 1. The summed E-state index contributed by atoms with van der Waals surface area (Å²) in [5.41, 5.74) is 5.87. The molecule has 0 atom stereocenters. The van der Waals surface area contributed by atoms with E-state index in [1.54, 1.807) is 0 Å². The highest BCUT2D eigenvalue weighted by Gasteiger charge is 2.24. The molecule has 0 bridgehead atoms. The summed E-state index contributed by atoms with van der Waals surface area (Å²) < 4.78 is 1.08.